The predicted molar refractivity (Wildman–Crippen MR) is 82.0 cm³/mol. The molecule has 5 heteroatoms. The van der Waals surface area contributed by atoms with Crippen molar-refractivity contribution in [3.05, 3.63) is 58.3 Å². The quantitative estimate of drug-likeness (QED) is 0.724. The Morgan fingerprint density at radius 3 is 2.57 bits per heavy atom. The van der Waals surface area contributed by atoms with Gasteiger partial charge in [0.2, 0.25) is 0 Å². The molecule has 0 fully saturated rings. The van der Waals surface area contributed by atoms with Crippen LogP contribution in [-0.4, -0.2) is 18.0 Å². The monoisotopic (exact) mass is 346 g/mol. The van der Waals surface area contributed by atoms with E-state index in [9.17, 15) is 9.90 Å². The molecule has 1 aromatic heterocycles. The molecule has 4 nitrogen and oxygen atoms in total. The van der Waals surface area contributed by atoms with Gasteiger partial charge in [-0.25, -0.2) is 0 Å². The molecule has 21 heavy (non-hydrogen) atoms. The van der Waals surface area contributed by atoms with Crippen LogP contribution >= 0.6 is 15.9 Å². The number of hydrogen-bond donors (Lipinski definition) is 1. The van der Waals surface area contributed by atoms with Gasteiger partial charge in [0.15, 0.2) is 5.78 Å². The number of carbonyl (C=O) groups excluding carboxylic acids is 1. The number of aromatic hydroxyl groups is 1. The molecule has 0 aliphatic heterocycles. The summed E-state index contributed by atoms with van der Waals surface area (Å²) in [7, 11) is 1.57. The normalized spacial score (nSPS) is 10.8. The van der Waals surface area contributed by atoms with Gasteiger partial charge in [-0.15, -0.1) is 0 Å². The lowest BCUT2D eigenvalue weighted by Gasteiger charge is -2.03. The molecule has 1 heterocycles. The molecule has 0 spiro atoms. The Labute approximate surface area is 129 Å². The number of methoxy groups -OCH3 is 1. The van der Waals surface area contributed by atoms with Crippen LogP contribution in [0, 0.1) is 0 Å². The minimum atomic E-state index is -0.178. The molecule has 0 bridgehead atoms. The van der Waals surface area contributed by atoms with E-state index in [1.165, 1.54) is 12.3 Å². The molecule has 0 radical (unpaired) electrons. The Morgan fingerprint density at radius 2 is 1.90 bits per heavy atom. The van der Waals surface area contributed by atoms with Gasteiger partial charge >= 0.3 is 0 Å². The maximum atomic E-state index is 12.6. The largest absolute Gasteiger partial charge is 0.507 e. The molecule has 3 rings (SSSR count). The number of furan rings is 1. The first-order chi connectivity index (χ1) is 10.1. The summed E-state index contributed by atoms with van der Waals surface area (Å²) < 4.78 is 10.9. The highest BCUT2D eigenvalue weighted by molar-refractivity contribution is 9.10. The highest BCUT2D eigenvalue weighted by Crippen LogP contribution is 2.36. The smallest absolute Gasteiger partial charge is 0.196 e. The molecule has 106 valence electrons. The average Bonchev–Trinajstić information content (AvgIpc) is 2.95. The number of ketones is 1. The number of ether oxygens (including phenoxy) is 1. The van der Waals surface area contributed by atoms with E-state index >= 15 is 0 Å². The van der Waals surface area contributed by atoms with E-state index in [1.54, 1.807) is 37.4 Å². The van der Waals surface area contributed by atoms with Crippen LogP contribution in [0.4, 0.5) is 0 Å². The summed E-state index contributed by atoms with van der Waals surface area (Å²) in [6.45, 7) is 0. The van der Waals surface area contributed by atoms with Crippen LogP contribution in [0.15, 0.2) is 51.6 Å². The maximum Gasteiger partial charge on any atom is 0.196 e. The first-order valence-electron chi connectivity index (χ1n) is 6.19. The second-order valence-electron chi connectivity index (χ2n) is 4.48. The van der Waals surface area contributed by atoms with Crippen LogP contribution in [0.1, 0.15) is 15.9 Å². The van der Waals surface area contributed by atoms with Crippen molar-refractivity contribution >= 4 is 32.7 Å². The van der Waals surface area contributed by atoms with Crippen molar-refractivity contribution in [2.24, 2.45) is 0 Å². The number of hydrogen-bond acceptors (Lipinski definition) is 4. The maximum absolute atomic E-state index is 12.6. The summed E-state index contributed by atoms with van der Waals surface area (Å²) in [5.41, 5.74) is 1.46. The summed E-state index contributed by atoms with van der Waals surface area (Å²) in [4.78, 5) is 12.6. The van der Waals surface area contributed by atoms with Crippen molar-refractivity contribution in [1.29, 1.82) is 0 Å². The molecule has 0 unspecified atom stereocenters. The fourth-order valence-electron chi connectivity index (χ4n) is 2.14. The van der Waals surface area contributed by atoms with Gasteiger partial charge in [-0.2, -0.15) is 0 Å². The van der Waals surface area contributed by atoms with Crippen molar-refractivity contribution in [2.75, 3.05) is 7.11 Å². The zero-order valence-electron chi connectivity index (χ0n) is 11.1. The molecule has 0 atom stereocenters. The van der Waals surface area contributed by atoms with E-state index < -0.39 is 0 Å². The number of rotatable bonds is 3. The number of benzene rings is 2. The summed E-state index contributed by atoms with van der Waals surface area (Å²) in [6, 6.07) is 9.97. The van der Waals surface area contributed by atoms with Crippen LogP contribution in [-0.2, 0) is 0 Å². The van der Waals surface area contributed by atoms with E-state index in [1.807, 2.05) is 0 Å². The summed E-state index contributed by atoms with van der Waals surface area (Å²) in [5.74, 6) is 0.567. The van der Waals surface area contributed by atoms with E-state index in [-0.39, 0.29) is 11.5 Å². The number of fused-ring (bicyclic) bond motifs is 1. The van der Waals surface area contributed by atoms with Crippen LogP contribution in [0.3, 0.4) is 0 Å². The van der Waals surface area contributed by atoms with Crippen LogP contribution < -0.4 is 4.74 Å². The van der Waals surface area contributed by atoms with Gasteiger partial charge in [-0.05, 0) is 52.3 Å². The van der Waals surface area contributed by atoms with Crippen molar-refractivity contribution in [3.63, 3.8) is 0 Å². The minimum Gasteiger partial charge on any atom is -0.507 e. The topological polar surface area (TPSA) is 59.7 Å². The van der Waals surface area contributed by atoms with Gasteiger partial charge in [0.05, 0.1) is 17.1 Å². The van der Waals surface area contributed by atoms with Gasteiger partial charge in [0, 0.05) is 10.9 Å². The molecule has 0 saturated heterocycles. The van der Waals surface area contributed by atoms with Crippen molar-refractivity contribution in [1.82, 2.24) is 0 Å². The highest BCUT2D eigenvalue weighted by atomic mass is 79.9. The highest BCUT2D eigenvalue weighted by Gasteiger charge is 2.19. The molecule has 2 aromatic carbocycles. The summed E-state index contributed by atoms with van der Waals surface area (Å²) >= 11 is 3.29. The standard InChI is InChI=1S/C16H11BrO4/c1-20-10-4-2-9(3-5-10)16(19)11-8-21-13-7-6-12(18)15(17)14(11)13/h2-8,18H,1H3. The van der Waals surface area contributed by atoms with Gasteiger partial charge in [0.1, 0.15) is 23.3 Å². The zero-order valence-corrected chi connectivity index (χ0v) is 12.7. The van der Waals surface area contributed by atoms with E-state index in [4.69, 9.17) is 9.15 Å². The zero-order chi connectivity index (χ0) is 15.0. The minimum absolute atomic E-state index is 0.0627. The Balaban J connectivity index is 2.11. The van der Waals surface area contributed by atoms with Crippen molar-refractivity contribution < 1.29 is 19.1 Å². The third-order valence-corrected chi connectivity index (χ3v) is 4.06. The Morgan fingerprint density at radius 1 is 1.19 bits per heavy atom. The van der Waals surface area contributed by atoms with Crippen LogP contribution in [0.2, 0.25) is 0 Å². The third-order valence-electron chi connectivity index (χ3n) is 3.25. The number of carbonyl (C=O) groups is 1. The molecular formula is C16H11BrO4. The molecule has 0 aliphatic carbocycles. The first-order valence-corrected chi connectivity index (χ1v) is 6.98. The predicted octanol–water partition coefficient (Wildman–Crippen LogP) is 4.14. The molecule has 0 saturated carbocycles. The molecular weight excluding hydrogens is 336 g/mol. The lowest BCUT2D eigenvalue weighted by Crippen LogP contribution is -2.00. The third kappa shape index (κ3) is 2.29. The lowest BCUT2D eigenvalue weighted by molar-refractivity contribution is 0.103. The second-order valence-corrected chi connectivity index (χ2v) is 5.27. The van der Waals surface area contributed by atoms with Crippen LogP contribution in [0.5, 0.6) is 11.5 Å². The van der Waals surface area contributed by atoms with E-state index in [0.29, 0.717) is 32.3 Å². The van der Waals surface area contributed by atoms with Gasteiger partial charge < -0.3 is 14.3 Å². The number of halogens is 1. The summed E-state index contributed by atoms with van der Waals surface area (Å²) in [5, 5.41) is 10.3. The lowest BCUT2D eigenvalue weighted by atomic mass is 10.0. The van der Waals surface area contributed by atoms with Gasteiger partial charge in [-0.1, -0.05) is 0 Å². The van der Waals surface area contributed by atoms with Gasteiger partial charge in [0.25, 0.3) is 0 Å². The number of phenols is 1. The molecule has 0 aliphatic rings. The Hall–Kier alpha value is -2.27. The first kappa shape index (κ1) is 13.7. The second kappa shape index (κ2) is 5.26. The van der Waals surface area contributed by atoms with Crippen LogP contribution in [0.25, 0.3) is 11.0 Å². The molecule has 3 aromatic rings. The van der Waals surface area contributed by atoms with E-state index in [0.717, 1.165) is 0 Å². The summed E-state index contributed by atoms with van der Waals surface area (Å²) in [6.07, 6.45) is 1.40. The van der Waals surface area contributed by atoms with Crippen molar-refractivity contribution in [2.45, 2.75) is 0 Å². The van der Waals surface area contributed by atoms with Crippen molar-refractivity contribution in [3.8, 4) is 11.5 Å². The van der Waals surface area contributed by atoms with Gasteiger partial charge in [-0.3, -0.25) is 4.79 Å². The average molecular weight is 347 g/mol. The number of phenolic OH excluding ortho intramolecular Hbond substituents is 1. The Kier molecular flexibility index (Phi) is 3.43. The molecule has 0 amide bonds. The SMILES string of the molecule is COc1ccc(C(=O)c2coc3ccc(O)c(Br)c23)cc1. The fraction of sp³-hybridized carbons (Fsp3) is 0.0625. The fourth-order valence-corrected chi connectivity index (χ4v) is 2.68. The molecule has 1 N–H and O–H groups in total. The van der Waals surface area contributed by atoms with E-state index in [2.05, 4.69) is 15.9 Å². The Bertz CT molecular complexity index is 818.